The Hall–Kier alpha value is -3.19. The van der Waals surface area contributed by atoms with Crippen molar-refractivity contribution in [3.63, 3.8) is 0 Å². The number of benzene rings is 2. The quantitative estimate of drug-likeness (QED) is 0.476. The zero-order chi connectivity index (χ0) is 21.3. The molecule has 0 aliphatic heterocycles. The zero-order valence-corrected chi connectivity index (χ0v) is 17.9. The minimum absolute atomic E-state index is 0.130. The topological polar surface area (TPSA) is 68.7 Å². The number of carbonyl (C=O) groups excluding carboxylic acids is 2. The Morgan fingerprint density at radius 1 is 1.07 bits per heavy atom. The molecule has 0 unspecified atom stereocenters. The van der Waals surface area contributed by atoms with Gasteiger partial charge in [0.15, 0.2) is 0 Å². The van der Waals surface area contributed by atoms with Crippen LogP contribution in [0.1, 0.15) is 29.4 Å². The highest BCUT2D eigenvalue weighted by atomic mass is 32.1. The van der Waals surface area contributed by atoms with Gasteiger partial charge in [-0.1, -0.05) is 30.3 Å². The van der Waals surface area contributed by atoms with Crippen LogP contribution >= 0.6 is 11.3 Å². The molecule has 0 aliphatic rings. The number of carbonyl (C=O) groups is 2. The van der Waals surface area contributed by atoms with Crippen LogP contribution in [0.4, 0.5) is 0 Å². The van der Waals surface area contributed by atoms with Crippen LogP contribution in [0.3, 0.4) is 0 Å². The van der Waals surface area contributed by atoms with E-state index < -0.39 is 0 Å². The second-order valence-corrected chi connectivity index (χ2v) is 7.39. The molecule has 0 atom stereocenters. The van der Waals surface area contributed by atoms with Crippen molar-refractivity contribution in [1.82, 2.24) is 9.88 Å². The number of ether oxygens (including phenoxy) is 2. The van der Waals surface area contributed by atoms with E-state index in [0.29, 0.717) is 18.8 Å². The van der Waals surface area contributed by atoms with E-state index in [1.807, 2.05) is 61.5 Å². The van der Waals surface area contributed by atoms with Crippen LogP contribution in [0.2, 0.25) is 0 Å². The van der Waals surface area contributed by atoms with Crippen molar-refractivity contribution in [2.45, 2.75) is 19.9 Å². The van der Waals surface area contributed by atoms with Crippen molar-refractivity contribution in [2.24, 2.45) is 0 Å². The van der Waals surface area contributed by atoms with E-state index in [-0.39, 0.29) is 24.8 Å². The maximum absolute atomic E-state index is 13.1. The van der Waals surface area contributed by atoms with Gasteiger partial charge in [0.1, 0.15) is 16.5 Å². The number of nitrogens with zero attached hydrogens (tertiary/aromatic N) is 2. The van der Waals surface area contributed by atoms with E-state index in [4.69, 9.17) is 9.47 Å². The molecule has 6 nitrogen and oxygen atoms in total. The standard InChI is InChI=1S/C23H24N2O4S/c1-3-29-19-11-9-18(10-12-19)22-24-20(16-30-22)23(27)25(14-13-21(26)28-2)15-17-7-5-4-6-8-17/h4-12,16H,3,13-15H2,1-2H3. The maximum Gasteiger partial charge on any atom is 0.307 e. The molecule has 30 heavy (non-hydrogen) atoms. The average molecular weight is 425 g/mol. The Kier molecular flexibility index (Phi) is 7.57. The fraction of sp³-hybridized carbons (Fsp3) is 0.261. The summed E-state index contributed by atoms with van der Waals surface area (Å²) in [6, 6.07) is 17.3. The molecule has 156 valence electrons. The van der Waals surface area contributed by atoms with Crippen molar-refractivity contribution < 1.29 is 19.1 Å². The van der Waals surface area contributed by atoms with Crippen LogP contribution < -0.4 is 4.74 Å². The van der Waals surface area contributed by atoms with Gasteiger partial charge in [-0.05, 0) is 36.8 Å². The van der Waals surface area contributed by atoms with Crippen LogP contribution in [0, 0.1) is 0 Å². The lowest BCUT2D eigenvalue weighted by Crippen LogP contribution is -2.33. The molecular formula is C23H24N2O4S. The van der Waals surface area contributed by atoms with Crippen LogP contribution in [-0.4, -0.2) is 42.0 Å². The summed E-state index contributed by atoms with van der Waals surface area (Å²) in [6.07, 6.45) is 0.130. The van der Waals surface area contributed by atoms with Crippen molar-refractivity contribution >= 4 is 23.2 Å². The number of amides is 1. The molecule has 0 saturated heterocycles. The number of aromatic nitrogens is 1. The average Bonchev–Trinajstić information content (AvgIpc) is 3.27. The normalized spacial score (nSPS) is 10.5. The van der Waals surface area contributed by atoms with Crippen LogP contribution in [0.5, 0.6) is 5.75 Å². The first-order chi connectivity index (χ1) is 14.6. The van der Waals surface area contributed by atoms with Gasteiger partial charge < -0.3 is 14.4 Å². The van der Waals surface area contributed by atoms with E-state index in [9.17, 15) is 9.59 Å². The van der Waals surface area contributed by atoms with Crippen molar-refractivity contribution in [3.05, 3.63) is 71.2 Å². The molecule has 3 aromatic rings. The first-order valence-electron chi connectivity index (χ1n) is 9.69. The van der Waals surface area contributed by atoms with Crippen molar-refractivity contribution in [3.8, 4) is 16.3 Å². The number of methoxy groups -OCH3 is 1. The second-order valence-electron chi connectivity index (χ2n) is 6.53. The van der Waals surface area contributed by atoms with Gasteiger partial charge in [0.05, 0.1) is 20.1 Å². The molecule has 0 fully saturated rings. The SMILES string of the molecule is CCOc1ccc(-c2nc(C(=O)N(CCC(=O)OC)Cc3ccccc3)cs2)cc1. The predicted octanol–water partition coefficient (Wildman–Crippen LogP) is 4.41. The number of hydrogen-bond acceptors (Lipinski definition) is 6. The lowest BCUT2D eigenvalue weighted by molar-refractivity contribution is -0.140. The number of hydrogen-bond donors (Lipinski definition) is 0. The Labute approximate surface area is 180 Å². The molecule has 1 aromatic heterocycles. The molecule has 3 rings (SSSR count). The van der Waals surface area contributed by atoms with Gasteiger partial charge >= 0.3 is 5.97 Å². The largest absolute Gasteiger partial charge is 0.494 e. The molecule has 0 bridgehead atoms. The van der Waals surface area contributed by atoms with Gasteiger partial charge in [-0.2, -0.15) is 0 Å². The first kappa shape index (κ1) is 21.5. The van der Waals surface area contributed by atoms with Crippen LogP contribution in [-0.2, 0) is 16.1 Å². The van der Waals surface area contributed by atoms with Gasteiger partial charge in [0.25, 0.3) is 5.91 Å². The molecule has 0 N–H and O–H groups in total. The summed E-state index contributed by atoms with van der Waals surface area (Å²) in [7, 11) is 1.34. The van der Waals surface area contributed by atoms with Gasteiger partial charge in [-0.3, -0.25) is 9.59 Å². The van der Waals surface area contributed by atoms with E-state index in [0.717, 1.165) is 21.9 Å². The van der Waals surface area contributed by atoms with E-state index in [1.165, 1.54) is 18.4 Å². The lowest BCUT2D eigenvalue weighted by atomic mass is 10.2. The Morgan fingerprint density at radius 2 is 1.80 bits per heavy atom. The number of rotatable bonds is 9. The maximum atomic E-state index is 13.1. The third kappa shape index (κ3) is 5.67. The summed E-state index contributed by atoms with van der Waals surface area (Å²) in [6.45, 7) is 3.20. The smallest absolute Gasteiger partial charge is 0.307 e. The zero-order valence-electron chi connectivity index (χ0n) is 17.0. The summed E-state index contributed by atoms with van der Waals surface area (Å²) in [5.74, 6) is 0.233. The van der Waals surface area contributed by atoms with E-state index in [1.54, 1.807) is 10.3 Å². The molecule has 2 aromatic carbocycles. The minimum atomic E-state index is -0.353. The highest BCUT2D eigenvalue weighted by molar-refractivity contribution is 7.13. The summed E-state index contributed by atoms with van der Waals surface area (Å²) < 4.78 is 10.2. The second kappa shape index (κ2) is 10.5. The van der Waals surface area contributed by atoms with Crippen molar-refractivity contribution in [2.75, 3.05) is 20.3 Å². The summed E-state index contributed by atoms with van der Waals surface area (Å²) in [5.41, 5.74) is 2.27. The highest BCUT2D eigenvalue weighted by Gasteiger charge is 2.20. The molecule has 1 heterocycles. The molecular weight excluding hydrogens is 400 g/mol. The van der Waals surface area contributed by atoms with Gasteiger partial charge in [0.2, 0.25) is 0 Å². The fourth-order valence-corrected chi connectivity index (χ4v) is 3.71. The van der Waals surface area contributed by atoms with Gasteiger partial charge in [-0.15, -0.1) is 11.3 Å². The lowest BCUT2D eigenvalue weighted by Gasteiger charge is -2.21. The monoisotopic (exact) mass is 424 g/mol. The molecule has 0 saturated carbocycles. The van der Waals surface area contributed by atoms with E-state index >= 15 is 0 Å². The summed E-state index contributed by atoms with van der Waals surface area (Å²) >= 11 is 1.41. The number of thiazole rings is 1. The minimum Gasteiger partial charge on any atom is -0.494 e. The summed E-state index contributed by atoms with van der Waals surface area (Å²) in [4.78, 5) is 30.9. The van der Waals surface area contributed by atoms with Crippen LogP contribution in [0.15, 0.2) is 60.0 Å². The Morgan fingerprint density at radius 3 is 2.47 bits per heavy atom. The van der Waals surface area contributed by atoms with Gasteiger partial charge in [0, 0.05) is 24.0 Å². The van der Waals surface area contributed by atoms with Crippen LogP contribution in [0.25, 0.3) is 10.6 Å². The Bertz CT molecular complexity index is 970. The third-order valence-corrected chi connectivity index (χ3v) is 5.34. The number of esters is 1. The molecule has 1 amide bonds. The fourth-order valence-electron chi connectivity index (χ4n) is 2.91. The molecule has 7 heteroatoms. The van der Waals surface area contributed by atoms with E-state index in [2.05, 4.69) is 4.98 Å². The van der Waals surface area contributed by atoms with Gasteiger partial charge in [-0.25, -0.2) is 4.98 Å². The third-order valence-electron chi connectivity index (χ3n) is 4.45. The molecule has 0 radical (unpaired) electrons. The highest BCUT2D eigenvalue weighted by Crippen LogP contribution is 2.26. The van der Waals surface area contributed by atoms with Crippen molar-refractivity contribution in [1.29, 1.82) is 0 Å². The molecule has 0 spiro atoms. The summed E-state index contributed by atoms with van der Waals surface area (Å²) in [5, 5.41) is 2.51. The predicted molar refractivity (Wildman–Crippen MR) is 117 cm³/mol. The first-order valence-corrected chi connectivity index (χ1v) is 10.6. The Balaban J connectivity index is 1.77. The molecule has 0 aliphatic carbocycles.